The first-order chi connectivity index (χ1) is 7.00. The topological polar surface area (TPSA) is 60.8 Å². The molecule has 3 unspecified atom stereocenters. The molecule has 0 aliphatic carbocycles. The minimum atomic E-state index is -0.930. The van der Waals surface area contributed by atoms with Crippen LogP contribution in [-0.2, 0) is 4.79 Å². The summed E-state index contributed by atoms with van der Waals surface area (Å²) in [5, 5.41) is 18.1. The van der Waals surface area contributed by atoms with Gasteiger partial charge in [-0.3, -0.25) is 9.69 Å². The molecule has 1 rings (SSSR count). The van der Waals surface area contributed by atoms with Gasteiger partial charge in [0.1, 0.15) is 0 Å². The Labute approximate surface area is 90.9 Å². The molecule has 1 saturated heterocycles. The van der Waals surface area contributed by atoms with Gasteiger partial charge in [-0.25, -0.2) is 0 Å². The van der Waals surface area contributed by atoms with Gasteiger partial charge in [-0.15, -0.1) is 0 Å². The predicted octanol–water partition coefficient (Wildman–Crippen LogP) is 0.942. The van der Waals surface area contributed by atoms with E-state index in [1.807, 2.05) is 0 Å². The lowest BCUT2D eigenvalue weighted by molar-refractivity contribution is -0.139. The summed E-state index contributed by atoms with van der Waals surface area (Å²) >= 11 is 0. The van der Waals surface area contributed by atoms with Crippen molar-refractivity contribution in [3.63, 3.8) is 0 Å². The summed E-state index contributed by atoms with van der Waals surface area (Å²) in [6.45, 7) is 5.82. The molecule has 1 aliphatic rings. The molecule has 2 N–H and O–H groups in total. The second-order valence-corrected chi connectivity index (χ2v) is 4.61. The molecule has 0 aromatic carbocycles. The van der Waals surface area contributed by atoms with Gasteiger partial charge in [0.25, 0.3) is 0 Å². The van der Waals surface area contributed by atoms with Gasteiger partial charge in [0.2, 0.25) is 0 Å². The number of aliphatic carboxylic acids is 1. The van der Waals surface area contributed by atoms with Crippen molar-refractivity contribution in [1.29, 1.82) is 0 Å². The first kappa shape index (κ1) is 12.5. The van der Waals surface area contributed by atoms with Crippen LogP contribution in [0.2, 0.25) is 0 Å². The molecule has 3 atom stereocenters. The van der Waals surface area contributed by atoms with E-state index in [0.717, 1.165) is 13.0 Å². The Bertz CT molecular complexity index is 220. The van der Waals surface area contributed by atoms with Crippen molar-refractivity contribution in [2.45, 2.75) is 45.3 Å². The molecule has 4 nitrogen and oxygen atoms in total. The number of likely N-dealkylation sites (tertiary alicyclic amines) is 1. The van der Waals surface area contributed by atoms with Crippen molar-refractivity contribution in [2.75, 3.05) is 13.1 Å². The van der Waals surface area contributed by atoms with Gasteiger partial charge in [-0.1, -0.05) is 6.92 Å². The molecule has 4 heteroatoms. The highest BCUT2D eigenvalue weighted by Gasteiger charge is 2.26. The SMILES string of the molecule is CC1CCCN(CC(O)CC(=O)O)C1C. The Morgan fingerprint density at radius 1 is 1.53 bits per heavy atom. The molecule has 0 saturated carbocycles. The van der Waals surface area contributed by atoms with E-state index in [1.54, 1.807) is 0 Å². The third-order valence-electron chi connectivity index (χ3n) is 3.36. The molecule has 1 heterocycles. The minimum Gasteiger partial charge on any atom is -0.481 e. The van der Waals surface area contributed by atoms with Gasteiger partial charge in [-0.2, -0.15) is 0 Å². The fourth-order valence-electron chi connectivity index (χ4n) is 2.22. The van der Waals surface area contributed by atoms with Crippen molar-refractivity contribution < 1.29 is 15.0 Å². The Morgan fingerprint density at radius 2 is 2.20 bits per heavy atom. The summed E-state index contributed by atoms with van der Waals surface area (Å²) in [4.78, 5) is 12.6. The zero-order valence-corrected chi connectivity index (χ0v) is 9.52. The summed E-state index contributed by atoms with van der Waals surface area (Å²) in [5.41, 5.74) is 0. The molecule has 0 radical (unpaired) electrons. The Kier molecular flexibility index (Phi) is 4.54. The van der Waals surface area contributed by atoms with Crippen molar-refractivity contribution in [1.82, 2.24) is 4.90 Å². The number of rotatable bonds is 4. The van der Waals surface area contributed by atoms with Crippen LogP contribution in [0.1, 0.15) is 33.1 Å². The van der Waals surface area contributed by atoms with Crippen molar-refractivity contribution in [3.8, 4) is 0 Å². The molecule has 0 amide bonds. The Morgan fingerprint density at radius 3 is 2.80 bits per heavy atom. The molecule has 88 valence electrons. The second-order valence-electron chi connectivity index (χ2n) is 4.61. The lowest BCUT2D eigenvalue weighted by Crippen LogP contribution is -2.46. The van der Waals surface area contributed by atoms with E-state index in [2.05, 4.69) is 18.7 Å². The third kappa shape index (κ3) is 3.80. The monoisotopic (exact) mass is 215 g/mol. The van der Waals surface area contributed by atoms with Crippen LogP contribution in [0.15, 0.2) is 0 Å². The maximum atomic E-state index is 10.4. The maximum Gasteiger partial charge on any atom is 0.306 e. The Hall–Kier alpha value is -0.610. The zero-order valence-electron chi connectivity index (χ0n) is 9.52. The summed E-state index contributed by atoms with van der Waals surface area (Å²) in [6, 6.07) is 0.446. The molecular formula is C11H21NO3. The van der Waals surface area contributed by atoms with E-state index in [9.17, 15) is 9.90 Å². The van der Waals surface area contributed by atoms with E-state index >= 15 is 0 Å². The van der Waals surface area contributed by atoms with Crippen molar-refractivity contribution >= 4 is 5.97 Å². The van der Waals surface area contributed by atoms with Crippen LogP contribution in [0, 0.1) is 5.92 Å². The van der Waals surface area contributed by atoms with E-state index in [4.69, 9.17) is 5.11 Å². The zero-order chi connectivity index (χ0) is 11.4. The van der Waals surface area contributed by atoms with Gasteiger partial charge in [0, 0.05) is 12.6 Å². The van der Waals surface area contributed by atoms with Crippen LogP contribution in [0.25, 0.3) is 0 Å². The predicted molar refractivity (Wildman–Crippen MR) is 57.7 cm³/mol. The van der Waals surface area contributed by atoms with E-state index in [1.165, 1.54) is 6.42 Å². The average molecular weight is 215 g/mol. The van der Waals surface area contributed by atoms with Crippen LogP contribution in [0.4, 0.5) is 0 Å². The fourth-order valence-corrected chi connectivity index (χ4v) is 2.22. The normalized spacial score (nSPS) is 30.1. The third-order valence-corrected chi connectivity index (χ3v) is 3.36. The number of nitrogens with zero attached hydrogens (tertiary/aromatic N) is 1. The van der Waals surface area contributed by atoms with Crippen LogP contribution in [0.3, 0.4) is 0 Å². The number of hydrogen-bond donors (Lipinski definition) is 2. The lowest BCUT2D eigenvalue weighted by Gasteiger charge is -2.38. The quantitative estimate of drug-likeness (QED) is 0.732. The van der Waals surface area contributed by atoms with Gasteiger partial charge in [-0.05, 0) is 32.2 Å². The Balaban J connectivity index is 2.39. The van der Waals surface area contributed by atoms with E-state index < -0.39 is 12.1 Å². The number of carboxylic acids is 1. The van der Waals surface area contributed by atoms with Crippen LogP contribution in [0.5, 0.6) is 0 Å². The summed E-state index contributed by atoms with van der Waals surface area (Å²) in [7, 11) is 0. The lowest BCUT2D eigenvalue weighted by atomic mass is 9.92. The number of aliphatic hydroxyl groups excluding tert-OH is 1. The van der Waals surface area contributed by atoms with Gasteiger partial charge >= 0.3 is 5.97 Å². The number of carbonyl (C=O) groups is 1. The molecule has 15 heavy (non-hydrogen) atoms. The first-order valence-corrected chi connectivity index (χ1v) is 5.64. The van der Waals surface area contributed by atoms with Gasteiger partial charge in [0.05, 0.1) is 12.5 Å². The highest BCUT2D eigenvalue weighted by atomic mass is 16.4. The summed E-state index contributed by atoms with van der Waals surface area (Å²) in [6.07, 6.45) is 1.48. The van der Waals surface area contributed by atoms with Crippen LogP contribution >= 0.6 is 0 Å². The highest BCUT2D eigenvalue weighted by molar-refractivity contribution is 5.67. The minimum absolute atomic E-state index is 0.155. The van der Waals surface area contributed by atoms with E-state index in [-0.39, 0.29) is 6.42 Å². The average Bonchev–Trinajstić information content (AvgIpc) is 2.11. The standard InChI is InChI=1S/C11H21NO3/c1-8-4-3-5-12(9(8)2)7-10(13)6-11(14)15/h8-10,13H,3-7H2,1-2H3,(H,14,15). The van der Waals surface area contributed by atoms with Crippen molar-refractivity contribution in [3.05, 3.63) is 0 Å². The number of β-amino-alcohol motifs (C(OH)–C–C–N with tert-alkyl or cyclic N) is 1. The smallest absolute Gasteiger partial charge is 0.306 e. The summed E-state index contributed by atoms with van der Waals surface area (Å²) < 4.78 is 0. The molecule has 0 aromatic rings. The van der Waals surface area contributed by atoms with Crippen LogP contribution in [-0.4, -0.2) is 46.3 Å². The summed E-state index contributed by atoms with van der Waals surface area (Å²) in [5.74, 6) is -0.295. The molecular weight excluding hydrogens is 194 g/mol. The largest absolute Gasteiger partial charge is 0.481 e. The number of carboxylic acid groups (broad SMARTS) is 1. The number of aliphatic hydroxyl groups is 1. The molecule has 1 aliphatic heterocycles. The van der Waals surface area contributed by atoms with Crippen LogP contribution < -0.4 is 0 Å². The molecule has 0 spiro atoms. The first-order valence-electron chi connectivity index (χ1n) is 5.64. The highest BCUT2D eigenvalue weighted by Crippen LogP contribution is 2.22. The maximum absolute atomic E-state index is 10.4. The second kappa shape index (κ2) is 5.47. The fraction of sp³-hybridized carbons (Fsp3) is 0.909. The van der Waals surface area contributed by atoms with E-state index in [0.29, 0.717) is 18.5 Å². The molecule has 0 bridgehead atoms. The molecule has 0 aromatic heterocycles. The van der Waals surface area contributed by atoms with Gasteiger partial charge in [0.15, 0.2) is 0 Å². The molecule has 1 fully saturated rings. The van der Waals surface area contributed by atoms with Gasteiger partial charge < -0.3 is 10.2 Å². The number of hydrogen-bond acceptors (Lipinski definition) is 3. The number of piperidine rings is 1. The van der Waals surface area contributed by atoms with Crippen molar-refractivity contribution in [2.24, 2.45) is 5.92 Å².